The minimum Gasteiger partial charge on any atom is -0.487 e. The number of halogens is 3. The van der Waals surface area contributed by atoms with Gasteiger partial charge in [0.25, 0.3) is 5.91 Å². The van der Waals surface area contributed by atoms with Crippen molar-refractivity contribution >= 4 is 68.1 Å². The van der Waals surface area contributed by atoms with Crippen LogP contribution < -0.4 is 10.1 Å². The Bertz CT molecular complexity index is 1430. The molecule has 1 aromatic heterocycles. The van der Waals surface area contributed by atoms with Crippen molar-refractivity contribution in [1.82, 2.24) is 10.3 Å². The van der Waals surface area contributed by atoms with Crippen molar-refractivity contribution in [3.63, 3.8) is 0 Å². The lowest BCUT2D eigenvalue weighted by Crippen LogP contribution is -2.26. The second-order valence-corrected chi connectivity index (χ2v) is 10.1. The monoisotopic (exact) mass is 691 g/mol. The lowest BCUT2D eigenvalue weighted by molar-refractivity contribution is -0.117. The van der Waals surface area contributed by atoms with E-state index in [0.29, 0.717) is 29.8 Å². The maximum absolute atomic E-state index is 13.9. The lowest BCUT2D eigenvalue weighted by atomic mass is 10.1. The number of H-pyrrole nitrogens is 1. The summed E-state index contributed by atoms with van der Waals surface area (Å²) in [5.74, 6) is -0.100. The van der Waals surface area contributed by atoms with Gasteiger partial charge in [0, 0.05) is 29.2 Å². The van der Waals surface area contributed by atoms with E-state index in [1.165, 1.54) is 6.07 Å². The number of fused-ring (bicyclic) bond motifs is 1. The first-order valence-corrected chi connectivity index (χ1v) is 12.9. The summed E-state index contributed by atoms with van der Waals surface area (Å²) in [7, 11) is 0. The van der Waals surface area contributed by atoms with E-state index in [2.05, 4.69) is 55.5 Å². The van der Waals surface area contributed by atoms with E-state index in [-0.39, 0.29) is 18.0 Å². The normalized spacial score (nSPS) is 11.3. The van der Waals surface area contributed by atoms with Crippen LogP contribution in [0.25, 0.3) is 17.0 Å². The molecule has 4 aromatic rings. The molecule has 8 heteroatoms. The Morgan fingerprint density at radius 2 is 1.80 bits per heavy atom. The summed E-state index contributed by atoms with van der Waals surface area (Å²) in [4.78, 5) is 15.8. The molecular formula is C27H20FI2N3O2. The molecule has 1 heterocycles. The number of ether oxygens (including phenoxy) is 1. The summed E-state index contributed by atoms with van der Waals surface area (Å²) in [6, 6.07) is 20.1. The molecule has 0 unspecified atom stereocenters. The number of carbonyl (C=O) groups excluding carboxylic acids is 1. The summed E-state index contributed by atoms with van der Waals surface area (Å²) in [6.07, 6.45) is 4.15. The van der Waals surface area contributed by atoms with Gasteiger partial charge in [-0.3, -0.25) is 4.79 Å². The number of hydrogen-bond donors (Lipinski definition) is 2. The van der Waals surface area contributed by atoms with Crippen molar-refractivity contribution < 1.29 is 13.9 Å². The van der Waals surface area contributed by atoms with Crippen LogP contribution in [0.2, 0.25) is 0 Å². The number of nitrogens with one attached hydrogen (secondary N) is 2. The fourth-order valence-electron chi connectivity index (χ4n) is 3.63. The summed E-state index contributed by atoms with van der Waals surface area (Å²) >= 11 is 4.27. The predicted octanol–water partition coefficient (Wildman–Crippen LogP) is 6.36. The Labute approximate surface area is 229 Å². The number of aromatic nitrogens is 1. The summed E-state index contributed by atoms with van der Waals surface area (Å²) in [6.45, 7) is 0.522. The first kappa shape index (κ1) is 25.2. The largest absolute Gasteiger partial charge is 0.487 e. The van der Waals surface area contributed by atoms with E-state index in [0.717, 1.165) is 23.6 Å². The van der Waals surface area contributed by atoms with Crippen LogP contribution in [-0.4, -0.2) is 17.4 Å². The fraction of sp³-hybridized carbons (Fsp3) is 0.111. The van der Waals surface area contributed by atoms with E-state index in [4.69, 9.17) is 4.74 Å². The van der Waals surface area contributed by atoms with Crippen LogP contribution in [0.4, 0.5) is 4.39 Å². The first-order valence-electron chi connectivity index (χ1n) is 10.8. The molecule has 2 N–H and O–H groups in total. The van der Waals surface area contributed by atoms with Crippen molar-refractivity contribution in [3.8, 4) is 11.8 Å². The molecule has 176 valence electrons. The van der Waals surface area contributed by atoms with Crippen LogP contribution in [0.3, 0.4) is 0 Å². The zero-order valence-corrected chi connectivity index (χ0v) is 22.8. The Morgan fingerprint density at radius 3 is 2.54 bits per heavy atom. The van der Waals surface area contributed by atoms with Crippen LogP contribution in [0.5, 0.6) is 5.75 Å². The van der Waals surface area contributed by atoms with Crippen molar-refractivity contribution in [2.45, 2.75) is 13.0 Å². The van der Waals surface area contributed by atoms with Crippen molar-refractivity contribution in [2.24, 2.45) is 0 Å². The van der Waals surface area contributed by atoms with E-state index in [1.54, 1.807) is 24.3 Å². The number of nitrogens with zero attached hydrogens (tertiary/aromatic N) is 1. The molecule has 35 heavy (non-hydrogen) atoms. The topological polar surface area (TPSA) is 77.9 Å². The van der Waals surface area contributed by atoms with Crippen LogP contribution in [0.1, 0.15) is 16.7 Å². The molecule has 0 saturated heterocycles. The highest BCUT2D eigenvalue weighted by Crippen LogP contribution is 2.30. The lowest BCUT2D eigenvalue weighted by Gasteiger charge is -2.12. The number of benzene rings is 3. The summed E-state index contributed by atoms with van der Waals surface area (Å²) in [5.41, 5.74) is 3.37. The zero-order chi connectivity index (χ0) is 24.8. The van der Waals surface area contributed by atoms with Crippen molar-refractivity contribution in [1.29, 1.82) is 5.26 Å². The van der Waals surface area contributed by atoms with E-state index in [9.17, 15) is 14.4 Å². The molecule has 5 nitrogen and oxygen atoms in total. The zero-order valence-electron chi connectivity index (χ0n) is 18.4. The Balaban J connectivity index is 1.41. The third-order valence-electron chi connectivity index (χ3n) is 5.38. The van der Waals surface area contributed by atoms with E-state index < -0.39 is 5.91 Å². The third kappa shape index (κ3) is 6.21. The Morgan fingerprint density at radius 1 is 1.09 bits per heavy atom. The molecule has 3 aromatic carbocycles. The second-order valence-electron chi connectivity index (χ2n) is 7.73. The van der Waals surface area contributed by atoms with E-state index >= 15 is 0 Å². The highest BCUT2D eigenvalue weighted by Gasteiger charge is 2.13. The smallest absolute Gasteiger partial charge is 0.261 e. The van der Waals surface area contributed by atoms with Gasteiger partial charge >= 0.3 is 0 Å². The predicted molar refractivity (Wildman–Crippen MR) is 151 cm³/mol. The average Bonchev–Trinajstić information content (AvgIpc) is 3.26. The molecule has 0 saturated carbocycles. The minimum absolute atomic E-state index is 0.0237. The molecule has 0 aliphatic heterocycles. The number of para-hydroxylation sites is 1. The molecule has 1 amide bonds. The van der Waals surface area contributed by atoms with Crippen LogP contribution in [-0.2, 0) is 17.8 Å². The average molecular weight is 691 g/mol. The van der Waals surface area contributed by atoms with Crippen LogP contribution in [0.15, 0.2) is 72.4 Å². The Hall–Kier alpha value is -2.91. The SMILES string of the molecule is N#C/C(=C/c1cc(I)c(OCc2ccccc2F)c(I)c1)C(=O)NCCc1c[nH]c2ccccc12. The maximum Gasteiger partial charge on any atom is 0.261 e. The van der Waals surface area contributed by atoms with Gasteiger partial charge in [-0.25, -0.2) is 4.39 Å². The van der Waals surface area contributed by atoms with Gasteiger partial charge in [-0.05, 0) is 93.1 Å². The quantitative estimate of drug-likeness (QED) is 0.128. The molecular weight excluding hydrogens is 671 g/mol. The molecule has 0 aliphatic rings. The summed E-state index contributed by atoms with van der Waals surface area (Å²) < 4.78 is 21.4. The number of carbonyl (C=O) groups is 1. The molecule has 0 aliphatic carbocycles. The van der Waals surface area contributed by atoms with Gasteiger partial charge in [0.15, 0.2) is 0 Å². The second kappa shape index (κ2) is 11.7. The van der Waals surface area contributed by atoms with Gasteiger partial charge < -0.3 is 15.0 Å². The maximum atomic E-state index is 13.9. The number of hydrogen-bond acceptors (Lipinski definition) is 3. The molecule has 0 bridgehead atoms. The van der Waals surface area contributed by atoms with E-state index in [1.807, 2.05) is 48.7 Å². The van der Waals surface area contributed by atoms with Crippen LogP contribution >= 0.6 is 45.2 Å². The number of aromatic amines is 1. The molecule has 0 spiro atoms. The first-order chi connectivity index (χ1) is 17.0. The highest BCUT2D eigenvalue weighted by atomic mass is 127. The highest BCUT2D eigenvalue weighted by molar-refractivity contribution is 14.1. The van der Waals surface area contributed by atoms with Gasteiger partial charge in [0.2, 0.25) is 0 Å². The van der Waals surface area contributed by atoms with Gasteiger partial charge in [-0.15, -0.1) is 0 Å². The number of rotatable bonds is 8. The third-order valence-corrected chi connectivity index (χ3v) is 6.98. The van der Waals surface area contributed by atoms with Crippen molar-refractivity contribution in [2.75, 3.05) is 6.54 Å². The van der Waals surface area contributed by atoms with Gasteiger partial charge in [-0.2, -0.15) is 5.26 Å². The van der Waals surface area contributed by atoms with Gasteiger partial charge in [0.1, 0.15) is 29.8 Å². The molecule has 0 atom stereocenters. The molecule has 0 radical (unpaired) electrons. The number of nitriles is 1. The molecule has 0 fully saturated rings. The molecule has 4 rings (SSSR count). The van der Waals surface area contributed by atoms with Gasteiger partial charge in [-0.1, -0.05) is 36.4 Å². The summed E-state index contributed by atoms with van der Waals surface area (Å²) in [5, 5.41) is 13.5. The fourth-order valence-corrected chi connectivity index (χ4v) is 5.75. The van der Waals surface area contributed by atoms with Gasteiger partial charge in [0.05, 0.1) is 7.14 Å². The minimum atomic E-state index is -0.419. The standard InChI is InChI=1S/C27H20FI2N3O2/c28-22-7-3-1-5-19(22)16-35-26-23(29)12-17(13-24(26)30)11-20(14-31)27(34)32-10-9-18-15-33-25-8-4-2-6-21(18)25/h1-8,11-13,15,33H,9-10,16H2,(H,32,34)/b20-11-. The van der Waals surface area contributed by atoms with Crippen molar-refractivity contribution in [3.05, 3.63) is 102 Å². The number of amides is 1. The Kier molecular flexibility index (Phi) is 8.41. The van der Waals surface area contributed by atoms with Crippen LogP contribution in [0, 0.1) is 24.3 Å².